The maximum atomic E-state index is 12.1. The highest BCUT2D eigenvalue weighted by molar-refractivity contribution is 6.03. The van der Waals surface area contributed by atoms with Gasteiger partial charge in [0.25, 0.3) is 0 Å². The van der Waals surface area contributed by atoms with Crippen LogP contribution in [0.15, 0.2) is 53.5 Å². The molecule has 2 amide bonds. The zero-order valence-electron chi connectivity index (χ0n) is 12.4. The number of para-hydroxylation sites is 1. The summed E-state index contributed by atoms with van der Waals surface area (Å²) in [6.45, 7) is 3.61. The standard InChI is InChI=1S/C17H18N4O/c1-12-5-2-3-8-15(12)21-17(22)20-14-7-4-6-13(11-14)16-18-9-10-19-16/h2-8,11H,9-10H2,1H3,(H,18,19)(H2,20,21,22). The van der Waals surface area contributed by atoms with Crippen molar-refractivity contribution >= 4 is 23.2 Å². The number of benzene rings is 2. The fraction of sp³-hybridized carbons (Fsp3) is 0.176. The molecule has 2 aromatic carbocycles. The zero-order valence-corrected chi connectivity index (χ0v) is 12.4. The number of amides is 2. The molecule has 1 aliphatic heterocycles. The lowest BCUT2D eigenvalue weighted by Gasteiger charge is -2.11. The Bertz CT molecular complexity index is 724. The van der Waals surface area contributed by atoms with Crippen molar-refractivity contribution in [2.75, 3.05) is 23.7 Å². The van der Waals surface area contributed by atoms with Gasteiger partial charge in [-0.3, -0.25) is 4.99 Å². The van der Waals surface area contributed by atoms with Crippen LogP contribution in [0, 0.1) is 6.92 Å². The van der Waals surface area contributed by atoms with E-state index in [1.54, 1.807) is 0 Å². The van der Waals surface area contributed by atoms with Crippen molar-refractivity contribution in [1.82, 2.24) is 5.32 Å². The first-order valence-corrected chi connectivity index (χ1v) is 7.25. The van der Waals surface area contributed by atoms with E-state index in [0.29, 0.717) is 0 Å². The molecule has 0 fully saturated rings. The average molecular weight is 294 g/mol. The van der Waals surface area contributed by atoms with Gasteiger partial charge in [-0.2, -0.15) is 0 Å². The largest absolute Gasteiger partial charge is 0.368 e. The summed E-state index contributed by atoms with van der Waals surface area (Å²) in [6, 6.07) is 15.1. The molecule has 112 valence electrons. The van der Waals surface area contributed by atoms with Crippen LogP contribution >= 0.6 is 0 Å². The molecule has 0 unspecified atom stereocenters. The first-order chi connectivity index (χ1) is 10.7. The number of anilines is 2. The molecule has 0 radical (unpaired) electrons. The Balaban J connectivity index is 1.69. The number of urea groups is 1. The molecule has 0 saturated heterocycles. The number of aliphatic imine (C=N–C) groups is 1. The molecule has 0 spiro atoms. The van der Waals surface area contributed by atoms with E-state index in [2.05, 4.69) is 20.9 Å². The zero-order chi connectivity index (χ0) is 15.4. The molecule has 0 aromatic heterocycles. The summed E-state index contributed by atoms with van der Waals surface area (Å²) < 4.78 is 0. The third-order valence-electron chi connectivity index (χ3n) is 3.46. The summed E-state index contributed by atoms with van der Waals surface area (Å²) in [5, 5.41) is 8.92. The Labute approximate surface area is 129 Å². The predicted octanol–water partition coefficient (Wildman–Crippen LogP) is 2.99. The molecule has 1 aliphatic rings. The van der Waals surface area contributed by atoms with Crippen LogP contribution in [0.5, 0.6) is 0 Å². The van der Waals surface area contributed by atoms with E-state index in [-0.39, 0.29) is 6.03 Å². The monoisotopic (exact) mass is 294 g/mol. The van der Waals surface area contributed by atoms with E-state index in [0.717, 1.165) is 41.4 Å². The molecular weight excluding hydrogens is 276 g/mol. The lowest BCUT2D eigenvalue weighted by atomic mass is 10.2. The van der Waals surface area contributed by atoms with Crippen LogP contribution in [-0.4, -0.2) is 25.0 Å². The van der Waals surface area contributed by atoms with Gasteiger partial charge in [-0.25, -0.2) is 4.79 Å². The molecule has 2 aromatic rings. The van der Waals surface area contributed by atoms with E-state index in [4.69, 9.17) is 0 Å². The summed E-state index contributed by atoms with van der Waals surface area (Å²) in [5.41, 5.74) is 3.54. The topological polar surface area (TPSA) is 65.5 Å². The lowest BCUT2D eigenvalue weighted by Crippen LogP contribution is -2.21. The van der Waals surface area contributed by atoms with E-state index < -0.39 is 0 Å². The van der Waals surface area contributed by atoms with Gasteiger partial charge < -0.3 is 16.0 Å². The van der Waals surface area contributed by atoms with Crippen molar-refractivity contribution in [2.24, 2.45) is 4.99 Å². The summed E-state index contributed by atoms with van der Waals surface area (Å²) in [5.74, 6) is 0.878. The maximum Gasteiger partial charge on any atom is 0.323 e. The molecule has 22 heavy (non-hydrogen) atoms. The minimum absolute atomic E-state index is 0.257. The van der Waals surface area contributed by atoms with Crippen LogP contribution in [0.25, 0.3) is 0 Å². The summed E-state index contributed by atoms with van der Waals surface area (Å²) >= 11 is 0. The molecule has 1 heterocycles. The lowest BCUT2D eigenvalue weighted by molar-refractivity contribution is 0.262. The summed E-state index contributed by atoms with van der Waals surface area (Å²) in [6.07, 6.45) is 0. The number of hydrogen-bond acceptors (Lipinski definition) is 3. The van der Waals surface area contributed by atoms with Crippen LogP contribution in [0.4, 0.5) is 16.2 Å². The first kappa shape index (κ1) is 14.1. The Kier molecular flexibility index (Phi) is 4.05. The molecule has 0 saturated carbocycles. The second-order valence-corrected chi connectivity index (χ2v) is 5.13. The van der Waals surface area contributed by atoms with Crippen molar-refractivity contribution in [2.45, 2.75) is 6.92 Å². The van der Waals surface area contributed by atoms with Gasteiger partial charge in [0.05, 0.1) is 6.54 Å². The van der Waals surface area contributed by atoms with E-state index >= 15 is 0 Å². The normalized spacial score (nSPS) is 13.2. The number of hydrogen-bond donors (Lipinski definition) is 3. The summed E-state index contributed by atoms with van der Waals surface area (Å²) in [7, 11) is 0. The molecule has 3 rings (SSSR count). The van der Waals surface area contributed by atoms with Gasteiger partial charge >= 0.3 is 6.03 Å². The van der Waals surface area contributed by atoms with Crippen LogP contribution in [-0.2, 0) is 0 Å². The van der Waals surface area contributed by atoms with E-state index in [9.17, 15) is 4.79 Å². The number of nitrogens with one attached hydrogen (secondary N) is 3. The van der Waals surface area contributed by atoms with Crippen molar-refractivity contribution in [3.8, 4) is 0 Å². The molecule has 5 heteroatoms. The number of rotatable bonds is 3. The molecule has 3 N–H and O–H groups in total. The quantitative estimate of drug-likeness (QED) is 0.814. The number of carbonyl (C=O) groups excluding carboxylic acids is 1. The third kappa shape index (κ3) is 3.25. The predicted molar refractivity (Wildman–Crippen MR) is 89.7 cm³/mol. The molecule has 0 aliphatic carbocycles. The van der Waals surface area contributed by atoms with Gasteiger partial charge in [0, 0.05) is 23.5 Å². The average Bonchev–Trinajstić information content (AvgIpc) is 3.04. The number of nitrogens with zero attached hydrogens (tertiary/aromatic N) is 1. The van der Waals surface area contributed by atoms with Crippen LogP contribution in [0.3, 0.4) is 0 Å². The van der Waals surface area contributed by atoms with Gasteiger partial charge in [0.2, 0.25) is 0 Å². The highest BCUT2D eigenvalue weighted by Gasteiger charge is 2.09. The van der Waals surface area contributed by atoms with Crippen LogP contribution in [0.1, 0.15) is 11.1 Å². The Morgan fingerprint density at radius 1 is 1.14 bits per heavy atom. The number of carbonyl (C=O) groups is 1. The Morgan fingerprint density at radius 3 is 2.77 bits per heavy atom. The maximum absolute atomic E-state index is 12.1. The molecule has 5 nitrogen and oxygen atoms in total. The van der Waals surface area contributed by atoms with Crippen LogP contribution in [0.2, 0.25) is 0 Å². The molecule has 0 bridgehead atoms. The van der Waals surface area contributed by atoms with Gasteiger partial charge in [-0.05, 0) is 30.7 Å². The van der Waals surface area contributed by atoms with Crippen molar-refractivity contribution in [3.05, 3.63) is 59.7 Å². The second-order valence-electron chi connectivity index (χ2n) is 5.13. The summed E-state index contributed by atoms with van der Waals surface area (Å²) in [4.78, 5) is 16.5. The minimum atomic E-state index is -0.257. The van der Waals surface area contributed by atoms with E-state index in [1.807, 2.05) is 55.5 Å². The number of amidine groups is 1. The van der Waals surface area contributed by atoms with Crippen LogP contribution < -0.4 is 16.0 Å². The van der Waals surface area contributed by atoms with Crippen molar-refractivity contribution in [3.63, 3.8) is 0 Å². The molecular formula is C17H18N4O. The second kappa shape index (κ2) is 6.30. The van der Waals surface area contributed by atoms with Crippen molar-refractivity contribution < 1.29 is 4.79 Å². The SMILES string of the molecule is Cc1ccccc1NC(=O)Nc1cccc(C2=NCCN2)c1. The Morgan fingerprint density at radius 2 is 2.00 bits per heavy atom. The smallest absolute Gasteiger partial charge is 0.323 e. The fourth-order valence-electron chi connectivity index (χ4n) is 2.33. The first-order valence-electron chi connectivity index (χ1n) is 7.25. The third-order valence-corrected chi connectivity index (χ3v) is 3.46. The molecule has 0 atom stereocenters. The van der Waals surface area contributed by atoms with Gasteiger partial charge in [-0.1, -0.05) is 30.3 Å². The number of aryl methyl sites for hydroxylation is 1. The van der Waals surface area contributed by atoms with Gasteiger partial charge in [-0.15, -0.1) is 0 Å². The van der Waals surface area contributed by atoms with Crippen molar-refractivity contribution in [1.29, 1.82) is 0 Å². The van der Waals surface area contributed by atoms with E-state index in [1.165, 1.54) is 0 Å². The highest BCUT2D eigenvalue weighted by atomic mass is 16.2. The Hall–Kier alpha value is -2.82. The van der Waals surface area contributed by atoms with Gasteiger partial charge in [0.15, 0.2) is 0 Å². The van der Waals surface area contributed by atoms with Gasteiger partial charge in [0.1, 0.15) is 5.84 Å². The fourth-order valence-corrected chi connectivity index (χ4v) is 2.33. The highest BCUT2D eigenvalue weighted by Crippen LogP contribution is 2.15. The minimum Gasteiger partial charge on any atom is -0.368 e.